The number of anilines is 1. The van der Waals surface area contributed by atoms with Crippen LogP contribution < -0.4 is 15.0 Å². The van der Waals surface area contributed by atoms with Crippen LogP contribution in [0.4, 0.5) is 5.69 Å². The first-order valence-electron chi connectivity index (χ1n) is 8.80. The largest absolute Gasteiger partial charge is 0.489 e. The lowest BCUT2D eigenvalue weighted by Gasteiger charge is -2.25. The summed E-state index contributed by atoms with van der Waals surface area (Å²) in [7, 11) is 0. The molecule has 0 saturated heterocycles. The molecular formula is C19H28N2O3. The summed E-state index contributed by atoms with van der Waals surface area (Å²) in [5.41, 5.74) is 0.715. The van der Waals surface area contributed by atoms with Crippen LogP contribution in [0.25, 0.3) is 0 Å². The van der Waals surface area contributed by atoms with Gasteiger partial charge in [0.15, 0.2) is 0 Å². The summed E-state index contributed by atoms with van der Waals surface area (Å²) in [6.45, 7) is 5.77. The van der Waals surface area contributed by atoms with Crippen LogP contribution in [0.2, 0.25) is 0 Å². The quantitative estimate of drug-likeness (QED) is 0.833. The molecule has 0 bridgehead atoms. The Hall–Kier alpha value is -2.04. The number of nitrogens with one attached hydrogen (secondary N) is 1. The van der Waals surface area contributed by atoms with Crippen molar-refractivity contribution >= 4 is 17.5 Å². The van der Waals surface area contributed by atoms with Gasteiger partial charge in [-0.2, -0.15) is 0 Å². The Morgan fingerprint density at radius 2 is 1.92 bits per heavy atom. The van der Waals surface area contributed by atoms with Crippen LogP contribution in [0, 0.1) is 0 Å². The number of benzene rings is 1. The van der Waals surface area contributed by atoms with Gasteiger partial charge in [-0.15, -0.1) is 0 Å². The van der Waals surface area contributed by atoms with E-state index in [0.29, 0.717) is 30.4 Å². The van der Waals surface area contributed by atoms with E-state index >= 15 is 0 Å². The maximum absolute atomic E-state index is 12.1. The summed E-state index contributed by atoms with van der Waals surface area (Å²) in [5, 5.41) is 3.06. The Kier molecular flexibility index (Phi) is 6.64. The first-order valence-corrected chi connectivity index (χ1v) is 8.80. The number of rotatable bonds is 7. The van der Waals surface area contributed by atoms with E-state index in [1.54, 1.807) is 4.90 Å². The number of hydrogen-bond acceptors (Lipinski definition) is 3. The minimum absolute atomic E-state index is 0.00964. The van der Waals surface area contributed by atoms with Gasteiger partial charge in [0.05, 0.1) is 11.8 Å². The molecule has 5 heteroatoms. The van der Waals surface area contributed by atoms with Crippen molar-refractivity contribution in [2.75, 3.05) is 11.4 Å². The van der Waals surface area contributed by atoms with Crippen LogP contribution >= 0.6 is 0 Å². The normalized spacial score (nSPS) is 14.7. The van der Waals surface area contributed by atoms with Crippen molar-refractivity contribution in [3.05, 3.63) is 24.3 Å². The molecule has 1 saturated carbocycles. The minimum Gasteiger partial charge on any atom is -0.489 e. The summed E-state index contributed by atoms with van der Waals surface area (Å²) < 4.78 is 5.80. The van der Waals surface area contributed by atoms with Gasteiger partial charge in [0.25, 0.3) is 0 Å². The molecule has 1 N–H and O–H groups in total. The van der Waals surface area contributed by atoms with Crippen LogP contribution in [0.5, 0.6) is 5.75 Å². The van der Waals surface area contributed by atoms with Crippen LogP contribution in [0.15, 0.2) is 24.3 Å². The van der Waals surface area contributed by atoms with E-state index in [0.717, 1.165) is 12.8 Å². The predicted octanol–water partition coefficient (Wildman–Crippen LogP) is 3.28. The maximum atomic E-state index is 12.1. The zero-order valence-corrected chi connectivity index (χ0v) is 14.9. The SMILES string of the molecule is CC(=O)N(CCC(=O)NC1CCCC1)c1ccccc1OC(C)C. The fourth-order valence-electron chi connectivity index (χ4n) is 3.06. The highest BCUT2D eigenvalue weighted by molar-refractivity contribution is 5.93. The van der Waals surface area contributed by atoms with Gasteiger partial charge in [-0.25, -0.2) is 0 Å². The average molecular weight is 332 g/mol. The molecule has 0 aromatic heterocycles. The molecule has 24 heavy (non-hydrogen) atoms. The fraction of sp³-hybridized carbons (Fsp3) is 0.579. The number of para-hydroxylation sites is 2. The molecule has 1 aliphatic carbocycles. The van der Waals surface area contributed by atoms with Crippen molar-refractivity contribution in [3.63, 3.8) is 0 Å². The lowest BCUT2D eigenvalue weighted by atomic mass is 10.2. The van der Waals surface area contributed by atoms with E-state index in [1.807, 2.05) is 38.1 Å². The number of amides is 2. The average Bonchev–Trinajstić information content (AvgIpc) is 3.01. The third-order valence-corrected chi connectivity index (χ3v) is 4.18. The first-order chi connectivity index (χ1) is 11.5. The van der Waals surface area contributed by atoms with E-state index in [4.69, 9.17) is 4.74 Å². The molecule has 1 fully saturated rings. The highest BCUT2D eigenvalue weighted by atomic mass is 16.5. The minimum atomic E-state index is -0.0940. The van der Waals surface area contributed by atoms with E-state index < -0.39 is 0 Å². The van der Waals surface area contributed by atoms with Gasteiger partial charge in [-0.05, 0) is 38.8 Å². The van der Waals surface area contributed by atoms with Crippen LogP contribution in [0.3, 0.4) is 0 Å². The Morgan fingerprint density at radius 1 is 1.25 bits per heavy atom. The van der Waals surface area contributed by atoms with Gasteiger partial charge < -0.3 is 15.0 Å². The molecular weight excluding hydrogens is 304 g/mol. The maximum Gasteiger partial charge on any atom is 0.223 e. The first kappa shape index (κ1) is 18.3. The van der Waals surface area contributed by atoms with E-state index in [-0.39, 0.29) is 17.9 Å². The van der Waals surface area contributed by atoms with Crippen molar-refractivity contribution in [1.29, 1.82) is 0 Å². The number of hydrogen-bond donors (Lipinski definition) is 1. The molecule has 2 amide bonds. The highest BCUT2D eigenvalue weighted by Crippen LogP contribution is 2.29. The van der Waals surface area contributed by atoms with E-state index in [9.17, 15) is 9.59 Å². The van der Waals surface area contributed by atoms with Gasteiger partial charge in [-0.3, -0.25) is 9.59 Å². The summed E-state index contributed by atoms with van der Waals surface area (Å²) in [6.07, 6.45) is 4.81. The highest BCUT2D eigenvalue weighted by Gasteiger charge is 2.20. The molecule has 0 atom stereocenters. The van der Waals surface area contributed by atoms with E-state index in [1.165, 1.54) is 19.8 Å². The smallest absolute Gasteiger partial charge is 0.223 e. The van der Waals surface area contributed by atoms with Crippen LogP contribution in [-0.2, 0) is 9.59 Å². The van der Waals surface area contributed by atoms with Crippen LogP contribution in [-0.4, -0.2) is 30.5 Å². The molecule has 0 aliphatic heterocycles. The van der Waals surface area contributed by atoms with Gasteiger partial charge in [0, 0.05) is 25.9 Å². The summed E-state index contributed by atoms with van der Waals surface area (Å²) in [4.78, 5) is 25.8. The molecule has 0 spiro atoms. The van der Waals surface area contributed by atoms with Gasteiger partial charge in [0.2, 0.25) is 11.8 Å². The standard InChI is InChI=1S/C19H28N2O3/c1-14(2)24-18-11-7-6-10-17(18)21(15(3)22)13-12-19(23)20-16-8-4-5-9-16/h6-7,10-11,14,16H,4-5,8-9,12-13H2,1-3H3,(H,20,23). The number of nitrogens with zero attached hydrogens (tertiary/aromatic N) is 1. The number of carbonyl (C=O) groups is 2. The predicted molar refractivity (Wildman–Crippen MR) is 95.2 cm³/mol. The second-order valence-electron chi connectivity index (χ2n) is 6.60. The Balaban J connectivity index is 2.01. The Bertz CT molecular complexity index is 565. The molecule has 0 heterocycles. The molecule has 0 radical (unpaired) electrons. The second-order valence-corrected chi connectivity index (χ2v) is 6.60. The second kappa shape index (κ2) is 8.71. The van der Waals surface area contributed by atoms with Crippen molar-refractivity contribution in [3.8, 4) is 5.75 Å². The molecule has 2 rings (SSSR count). The van der Waals surface area contributed by atoms with E-state index in [2.05, 4.69) is 5.32 Å². The summed E-state index contributed by atoms with van der Waals surface area (Å²) in [5.74, 6) is 0.581. The molecule has 0 unspecified atom stereocenters. The lowest BCUT2D eigenvalue weighted by Crippen LogP contribution is -2.37. The fourth-order valence-corrected chi connectivity index (χ4v) is 3.06. The van der Waals surface area contributed by atoms with Gasteiger partial charge in [0.1, 0.15) is 5.75 Å². The number of ether oxygens (including phenoxy) is 1. The van der Waals surface area contributed by atoms with Gasteiger partial charge in [-0.1, -0.05) is 25.0 Å². The molecule has 1 aliphatic rings. The number of carbonyl (C=O) groups excluding carboxylic acids is 2. The Morgan fingerprint density at radius 3 is 2.54 bits per heavy atom. The van der Waals surface area contributed by atoms with Crippen molar-refractivity contribution in [2.45, 2.75) is 65.0 Å². The molecule has 1 aromatic rings. The van der Waals surface area contributed by atoms with Crippen molar-refractivity contribution in [2.24, 2.45) is 0 Å². The molecule has 132 valence electrons. The third-order valence-electron chi connectivity index (χ3n) is 4.18. The van der Waals surface area contributed by atoms with Crippen molar-refractivity contribution in [1.82, 2.24) is 5.32 Å². The summed E-state index contributed by atoms with van der Waals surface area (Å²) >= 11 is 0. The third kappa shape index (κ3) is 5.25. The monoisotopic (exact) mass is 332 g/mol. The van der Waals surface area contributed by atoms with Crippen LogP contribution in [0.1, 0.15) is 52.9 Å². The van der Waals surface area contributed by atoms with Gasteiger partial charge >= 0.3 is 0 Å². The molecule has 1 aromatic carbocycles. The summed E-state index contributed by atoms with van der Waals surface area (Å²) in [6, 6.07) is 7.76. The lowest BCUT2D eigenvalue weighted by molar-refractivity contribution is -0.121. The topological polar surface area (TPSA) is 58.6 Å². The van der Waals surface area contributed by atoms with Crippen molar-refractivity contribution < 1.29 is 14.3 Å². The zero-order chi connectivity index (χ0) is 17.5. The molecule has 5 nitrogen and oxygen atoms in total. The zero-order valence-electron chi connectivity index (χ0n) is 14.9. The Labute approximate surface area is 144 Å².